The zero-order valence-corrected chi connectivity index (χ0v) is 14.8. The summed E-state index contributed by atoms with van der Waals surface area (Å²) in [6.45, 7) is 4.00. The molecule has 8 heteroatoms. The highest BCUT2D eigenvalue weighted by Gasteiger charge is 2.46. The fraction of sp³-hybridized carbons (Fsp3) is 0.500. The van der Waals surface area contributed by atoms with Crippen molar-refractivity contribution < 1.29 is 18.0 Å². The normalized spacial score (nSPS) is 25.8. The van der Waals surface area contributed by atoms with Gasteiger partial charge in [0.2, 0.25) is 21.8 Å². The first-order valence-corrected chi connectivity index (χ1v) is 9.31. The molecule has 0 bridgehead atoms. The van der Waals surface area contributed by atoms with Gasteiger partial charge in [-0.2, -0.15) is 4.31 Å². The predicted molar refractivity (Wildman–Crippen MR) is 87.7 cm³/mol. The van der Waals surface area contributed by atoms with Crippen LogP contribution in [0.25, 0.3) is 0 Å². The fourth-order valence-corrected chi connectivity index (χ4v) is 4.58. The highest BCUT2D eigenvalue weighted by molar-refractivity contribution is 7.89. The second kappa shape index (κ2) is 5.86. The molecule has 0 radical (unpaired) electrons. The third kappa shape index (κ3) is 2.59. The Bertz CT molecular complexity index is 775. The molecule has 2 amide bonds. The summed E-state index contributed by atoms with van der Waals surface area (Å²) >= 11 is 0. The summed E-state index contributed by atoms with van der Waals surface area (Å²) in [7, 11) is -2.10. The molecule has 1 aromatic carbocycles. The SMILES string of the molecule is Cc1ccc(S(=O)(=O)N2CCN3C(=O)[C@H](C)N(C)C(=O)[C@H]3C2)cc1. The third-order valence-corrected chi connectivity index (χ3v) is 6.74. The van der Waals surface area contributed by atoms with Crippen molar-refractivity contribution in [1.82, 2.24) is 14.1 Å². The molecule has 2 atom stereocenters. The number of carbonyl (C=O) groups excluding carboxylic acids is 2. The summed E-state index contributed by atoms with van der Waals surface area (Å²) in [5.74, 6) is -0.347. The van der Waals surface area contributed by atoms with E-state index in [1.54, 1.807) is 38.2 Å². The predicted octanol–water partition coefficient (Wildman–Crippen LogP) is 0.0570. The number of amides is 2. The molecule has 0 spiro atoms. The maximum atomic E-state index is 12.8. The minimum atomic E-state index is -3.68. The quantitative estimate of drug-likeness (QED) is 0.755. The highest BCUT2D eigenvalue weighted by atomic mass is 32.2. The Morgan fingerprint density at radius 3 is 2.29 bits per heavy atom. The van der Waals surface area contributed by atoms with Gasteiger partial charge in [0.15, 0.2) is 0 Å². The van der Waals surface area contributed by atoms with E-state index in [0.29, 0.717) is 0 Å². The van der Waals surface area contributed by atoms with Crippen LogP contribution in [-0.2, 0) is 19.6 Å². The van der Waals surface area contributed by atoms with Crippen LogP contribution in [0.4, 0.5) is 0 Å². The summed E-state index contributed by atoms with van der Waals surface area (Å²) in [6, 6.07) is 5.38. The van der Waals surface area contributed by atoms with Crippen molar-refractivity contribution >= 4 is 21.8 Å². The van der Waals surface area contributed by atoms with Gasteiger partial charge in [-0.05, 0) is 26.0 Å². The number of carbonyl (C=O) groups is 2. The van der Waals surface area contributed by atoms with Crippen molar-refractivity contribution in [3.63, 3.8) is 0 Å². The van der Waals surface area contributed by atoms with Crippen molar-refractivity contribution in [2.45, 2.75) is 30.8 Å². The summed E-state index contributed by atoms with van der Waals surface area (Å²) in [4.78, 5) is 27.9. The summed E-state index contributed by atoms with van der Waals surface area (Å²) in [6.07, 6.45) is 0. The molecule has 0 aliphatic carbocycles. The molecule has 1 aromatic rings. The number of benzene rings is 1. The van der Waals surface area contributed by atoms with Crippen LogP contribution in [0.1, 0.15) is 12.5 Å². The molecule has 7 nitrogen and oxygen atoms in total. The molecule has 0 saturated carbocycles. The third-order valence-electron chi connectivity index (χ3n) is 4.86. The van der Waals surface area contributed by atoms with E-state index >= 15 is 0 Å². The van der Waals surface area contributed by atoms with Crippen LogP contribution in [-0.4, -0.2) is 73.1 Å². The van der Waals surface area contributed by atoms with Crippen molar-refractivity contribution in [3.05, 3.63) is 29.8 Å². The molecule has 2 aliphatic heterocycles. The zero-order chi connectivity index (χ0) is 17.6. The van der Waals surface area contributed by atoms with E-state index < -0.39 is 22.1 Å². The molecule has 130 valence electrons. The Labute approximate surface area is 141 Å². The largest absolute Gasteiger partial charge is 0.332 e. The van der Waals surface area contributed by atoms with Gasteiger partial charge in [-0.3, -0.25) is 9.59 Å². The maximum Gasteiger partial charge on any atom is 0.247 e. The van der Waals surface area contributed by atoms with E-state index in [-0.39, 0.29) is 36.3 Å². The van der Waals surface area contributed by atoms with Crippen LogP contribution in [0.2, 0.25) is 0 Å². The van der Waals surface area contributed by atoms with Crippen LogP contribution < -0.4 is 0 Å². The lowest BCUT2D eigenvalue weighted by Gasteiger charge is -2.47. The minimum Gasteiger partial charge on any atom is -0.332 e. The number of hydrogen-bond acceptors (Lipinski definition) is 4. The van der Waals surface area contributed by atoms with Gasteiger partial charge in [-0.15, -0.1) is 0 Å². The smallest absolute Gasteiger partial charge is 0.247 e. The number of nitrogens with zero attached hydrogens (tertiary/aromatic N) is 3. The maximum absolute atomic E-state index is 12.8. The van der Waals surface area contributed by atoms with Crippen LogP contribution in [0.3, 0.4) is 0 Å². The van der Waals surface area contributed by atoms with Crippen molar-refractivity contribution in [3.8, 4) is 0 Å². The topological polar surface area (TPSA) is 78.0 Å². The van der Waals surface area contributed by atoms with E-state index in [1.807, 2.05) is 6.92 Å². The molecule has 2 heterocycles. The van der Waals surface area contributed by atoms with Crippen molar-refractivity contribution in [1.29, 1.82) is 0 Å². The van der Waals surface area contributed by atoms with E-state index in [2.05, 4.69) is 0 Å². The van der Waals surface area contributed by atoms with Gasteiger partial charge in [0.05, 0.1) is 4.90 Å². The fourth-order valence-electron chi connectivity index (χ4n) is 3.14. The van der Waals surface area contributed by atoms with Crippen molar-refractivity contribution in [2.24, 2.45) is 0 Å². The van der Waals surface area contributed by atoms with E-state index in [1.165, 1.54) is 14.1 Å². The first kappa shape index (κ1) is 16.9. The summed E-state index contributed by atoms with van der Waals surface area (Å²) in [5.41, 5.74) is 0.974. The van der Waals surface area contributed by atoms with Crippen molar-refractivity contribution in [2.75, 3.05) is 26.7 Å². The van der Waals surface area contributed by atoms with Gasteiger partial charge in [0.25, 0.3) is 0 Å². The van der Waals surface area contributed by atoms with E-state index in [9.17, 15) is 18.0 Å². The second-order valence-corrected chi connectivity index (χ2v) is 8.29. The molecule has 2 saturated heterocycles. The Morgan fingerprint density at radius 1 is 1.04 bits per heavy atom. The number of fused-ring (bicyclic) bond motifs is 1. The molecular formula is C16H21N3O4S. The molecule has 3 rings (SSSR count). The van der Waals surface area contributed by atoms with Gasteiger partial charge in [-0.25, -0.2) is 8.42 Å². The van der Waals surface area contributed by atoms with Gasteiger partial charge in [0, 0.05) is 26.7 Å². The van der Waals surface area contributed by atoms with Gasteiger partial charge < -0.3 is 9.80 Å². The average Bonchev–Trinajstić information content (AvgIpc) is 2.58. The van der Waals surface area contributed by atoms with Gasteiger partial charge >= 0.3 is 0 Å². The number of aryl methyl sites for hydroxylation is 1. The lowest BCUT2D eigenvalue weighted by Crippen LogP contribution is -2.69. The van der Waals surface area contributed by atoms with E-state index in [4.69, 9.17) is 0 Å². The first-order valence-electron chi connectivity index (χ1n) is 7.87. The highest BCUT2D eigenvalue weighted by Crippen LogP contribution is 2.25. The monoisotopic (exact) mass is 351 g/mol. The van der Waals surface area contributed by atoms with Gasteiger partial charge in [-0.1, -0.05) is 17.7 Å². The molecule has 2 aliphatic rings. The minimum absolute atomic E-state index is 0.00214. The zero-order valence-electron chi connectivity index (χ0n) is 14.0. The number of hydrogen-bond donors (Lipinski definition) is 0. The summed E-state index contributed by atoms with van der Waals surface area (Å²) < 4.78 is 26.9. The lowest BCUT2D eigenvalue weighted by atomic mass is 10.0. The Balaban J connectivity index is 1.87. The Kier molecular flexibility index (Phi) is 4.13. The average molecular weight is 351 g/mol. The summed E-state index contributed by atoms with van der Waals surface area (Å²) in [5, 5.41) is 0. The Hall–Kier alpha value is -1.93. The molecule has 0 N–H and O–H groups in total. The van der Waals surface area contributed by atoms with Crippen LogP contribution in [0.15, 0.2) is 29.2 Å². The molecule has 24 heavy (non-hydrogen) atoms. The standard InChI is InChI=1S/C16H21N3O4S/c1-11-4-6-13(7-5-11)24(22,23)18-8-9-19-14(10-18)16(21)17(3)12(2)15(19)20/h4-7,12,14H,8-10H2,1-3H3/t12-,14+/m0/s1. The molecular weight excluding hydrogens is 330 g/mol. The molecule has 2 fully saturated rings. The Morgan fingerprint density at radius 2 is 1.67 bits per heavy atom. The second-order valence-electron chi connectivity index (χ2n) is 6.35. The number of likely N-dealkylation sites (N-methyl/N-ethyl adjacent to an activating group) is 1. The number of sulfonamides is 1. The number of piperazine rings is 2. The molecule has 0 aromatic heterocycles. The molecule has 0 unspecified atom stereocenters. The number of rotatable bonds is 2. The first-order chi connectivity index (χ1) is 11.2. The lowest BCUT2D eigenvalue weighted by molar-refractivity contribution is -0.161. The van der Waals surface area contributed by atoms with Crippen LogP contribution in [0, 0.1) is 6.92 Å². The van der Waals surface area contributed by atoms with Crippen LogP contribution >= 0.6 is 0 Å². The van der Waals surface area contributed by atoms with Crippen LogP contribution in [0.5, 0.6) is 0 Å². The van der Waals surface area contributed by atoms with E-state index in [0.717, 1.165) is 5.56 Å². The van der Waals surface area contributed by atoms with Gasteiger partial charge in [0.1, 0.15) is 12.1 Å².